The van der Waals surface area contributed by atoms with E-state index in [1.54, 1.807) is 66.9 Å². The number of hydrogen-bond donors (Lipinski definition) is 0. The Kier molecular flexibility index (Phi) is 7.48. The van der Waals surface area contributed by atoms with Crippen LogP contribution in [0.2, 0.25) is 0 Å². The van der Waals surface area contributed by atoms with Crippen LogP contribution in [0.4, 0.5) is 0 Å². The molecule has 2 aromatic rings. The number of benzene rings is 2. The number of thioether (sulfide) groups is 1. The van der Waals surface area contributed by atoms with Gasteiger partial charge in [-0.1, -0.05) is 36.4 Å². The minimum Gasteiger partial charge on any atom is -0.459 e. The van der Waals surface area contributed by atoms with Crippen molar-refractivity contribution in [2.24, 2.45) is 0 Å². The second kappa shape index (κ2) is 10.3. The van der Waals surface area contributed by atoms with Crippen LogP contribution < -0.4 is 0 Å². The average Bonchev–Trinajstić information content (AvgIpc) is 3.08. The van der Waals surface area contributed by atoms with Crippen molar-refractivity contribution in [3.63, 3.8) is 0 Å². The molecular weight excluding hydrogens is 408 g/mol. The highest BCUT2D eigenvalue weighted by Crippen LogP contribution is 2.33. The lowest BCUT2D eigenvalue weighted by Gasteiger charge is -2.22. The van der Waals surface area contributed by atoms with Crippen molar-refractivity contribution in [3.05, 3.63) is 71.8 Å². The first kappa shape index (κ1) is 21.9. The molecule has 1 heterocycles. The zero-order valence-corrected chi connectivity index (χ0v) is 17.4. The summed E-state index contributed by atoms with van der Waals surface area (Å²) in [5, 5.41) is -0.470. The van der Waals surface area contributed by atoms with Gasteiger partial charge in [0, 0.05) is 6.92 Å². The Morgan fingerprint density at radius 1 is 0.900 bits per heavy atom. The minimum atomic E-state index is -0.925. The van der Waals surface area contributed by atoms with Crippen LogP contribution in [0.15, 0.2) is 60.7 Å². The second-order valence-electron chi connectivity index (χ2n) is 6.55. The van der Waals surface area contributed by atoms with E-state index in [2.05, 4.69) is 0 Å². The summed E-state index contributed by atoms with van der Waals surface area (Å²) in [4.78, 5) is 36.3. The van der Waals surface area contributed by atoms with Crippen LogP contribution in [0.1, 0.15) is 27.6 Å². The van der Waals surface area contributed by atoms with Gasteiger partial charge in [0.2, 0.25) is 6.29 Å². The molecule has 7 nitrogen and oxygen atoms in total. The molecule has 0 bridgehead atoms. The number of carbonyl (C=O) groups excluding carboxylic acids is 3. The third-order valence-electron chi connectivity index (χ3n) is 4.46. The fraction of sp³-hybridized carbons (Fsp3) is 0.318. The Labute approximate surface area is 178 Å². The SMILES string of the molecule is CSC1C(OC(C)=O)OC(COC(=O)c2ccccc2)C1OC(=O)c1ccccc1. The maximum absolute atomic E-state index is 12.6. The van der Waals surface area contributed by atoms with Crippen LogP contribution in [0.5, 0.6) is 0 Å². The topological polar surface area (TPSA) is 88.1 Å². The van der Waals surface area contributed by atoms with Gasteiger partial charge in [0.1, 0.15) is 24.1 Å². The predicted molar refractivity (Wildman–Crippen MR) is 110 cm³/mol. The van der Waals surface area contributed by atoms with Crippen molar-refractivity contribution in [1.29, 1.82) is 0 Å². The smallest absolute Gasteiger partial charge is 0.338 e. The molecule has 2 aromatic carbocycles. The van der Waals surface area contributed by atoms with Gasteiger partial charge in [-0.2, -0.15) is 11.8 Å². The molecule has 158 valence electrons. The number of rotatable bonds is 7. The van der Waals surface area contributed by atoms with E-state index in [1.165, 1.54) is 18.7 Å². The molecule has 1 fully saturated rings. The van der Waals surface area contributed by atoms with Gasteiger partial charge in [-0.15, -0.1) is 0 Å². The first-order valence-corrected chi connectivity index (χ1v) is 10.6. The molecule has 0 spiro atoms. The van der Waals surface area contributed by atoms with Crippen LogP contribution in [-0.2, 0) is 23.7 Å². The van der Waals surface area contributed by atoms with Gasteiger partial charge in [0.15, 0.2) is 0 Å². The lowest BCUT2D eigenvalue weighted by molar-refractivity contribution is -0.174. The summed E-state index contributed by atoms with van der Waals surface area (Å²) in [5.41, 5.74) is 0.777. The van der Waals surface area contributed by atoms with Crippen LogP contribution >= 0.6 is 11.8 Å². The van der Waals surface area contributed by atoms with Crippen LogP contribution in [-0.4, -0.2) is 54.5 Å². The molecule has 0 aliphatic carbocycles. The summed E-state index contributed by atoms with van der Waals surface area (Å²) in [6.45, 7) is 1.11. The molecule has 0 amide bonds. The molecule has 1 aliphatic heterocycles. The van der Waals surface area contributed by atoms with Gasteiger partial charge in [-0.05, 0) is 30.5 Å². The zero-order valence-electron chi connectivity index (χ0n) is 16.6. The van der Waals surface area contributed by atoms with Gasteiger partial charge in [-0.3, -0.25) is 4.79 Å². The van der Waals surface area contributed by atoms with Crippen molar-refractivity contribution >= 4 is 29.7 Å². The number of hydrogen-bond acceptors (Lipinski definition) is 8. The molecular formula is C22H22O7S. The lowest BCUT2D eigenvalue weighted by Crippen LogP contribution is -2.38. The van der Waals surface area contributed by atoms with Crippen molar-refractivity contribution < 1.29 is 33.3 Å². The Bertz CT molecular complexity index is 872. The largest absolute Gasteiger partial charge is 0.459 e. The molecule has 0 N–H and O–H groups in total. The highest BCUT2D eigenvalue weighted by molar-refractivity contribution is 7.99. The number of ether oxygens (including phenoxy) is 4. The maximum Gasteiger partial charge on any atom is 0.338 e. The lowest BCUT2D eigenvalue weighted by atomic mass is 10.1. The quantitative estimate of drug-likeness (QED) is 0.489. The Morgan fingerprint density at radius 2 is 1.47 bits per heavy atom. The molecule has 3 rings (SSSR count). The molecule has 1 saturated heterocycles. The standard InChI is InChI=1S/C22H22O7S/c1-14(23)27-22-19(30-2)18(29-21(25)16-11-7-4-8-12-16)17(28-22)13-26-20(24)15-9-5-3-6-10-15/h3-12,17-19,22H,13H2,1-2H3. The predicted octanol–water partition coefficient (Wildman–Crippen LogP) is 3.09. The molecule has 0 radical (unpaired) electrons. The van der Waals surface area contributed by atoms with Gasteiger partial charge in [-0.25, -0.2) is 9.59 Å². The average molecular weight is 430 g/mol. The van der Waals surface area contributed by atoms with Crippen molar-refractivity contribution in [1.82, 2.24) is 0 Å². The Balaban J connectivity index is 1.74. The molecule has 4 unspecified atom stereocenters. The summed E-state index contributed by atoms with van der Waals surface area (Å²) in [5.74, 6) is -1.58. The summed E-state index contributed by atoms with van der Waals surface area (Å²) >= 11 is 1.34. The van der Waals surface area contributed by atoms with Gasteiger partial charge < -0.3 is 18.9 Å². The monoisotopic (exact) mass is 430 g/mol. The van der Waals surface area contributed by atoms with E-state index < -0.39 is 41.7 Å². The minimum absolute atomic E-state index is 0.157. The second-order valence-corrected chi connectivity index (χ2v) is 7.57. The van der Waals surface area contributed by atoms with Gasteiger partial charge in [0.25, 0.3) is 0 Å². The molecule has 4 atom stereocenters. The first-order valence-electron chi connectivity index (χ1n) is 9.33. The van der Waals surface area contributed by atoms with E-state index in [0.29, 0.717) is 11.1 Å². The van der Waals surface area contributed by atoms with E-state index in [4.69, 9.17) is 18.9 Å². The molecule has 30 heavy (non-hydrogen) atoms. The highest BCUT2D eigenvalue weighted by Gasteiger charge is 2.49. The first-order chi connectivity index (χ1) is 14.5. The maximum atomic E-state index is 12.6. The molecule has 0 saturated carbocycles. The van der Waals surface area contributed by atoms with E-state index in [0.717, 1.165) is 0 Å². The molecule has 1 aliphatic rings. The zero-order chi connectivity index (χ0) is 21.5. The molecule has 8 heteroatoms. The number of esters is 3. The van der Waals surface area contributed by atoms with E-state index >= 15 is 0 Å². The van der Waals surface area contributed by atoms with E-state index in [9.17, 15) is 14.4 Å². The number of carbonyl (C=O) groups is 3. The van der Waals surface area contributed by atoms with Gasteiger partial charge in [0.05, 0.1) is 11.1 Å². The van der Waals surface area contributed by atoms with Crippen LogP contribution in [0.25, 0.3) is 0 Å². The van der Waals surface area contributed by atoms with Crippen molar-refractivity contribution in [2.45, 2.75) is 30.7 Å². The summed E-state index contributed by atoms with van der Waals surface area (Å²) in [6.07, 6.45) is -0.689. The van der Waals surface area contributed by atoms with E-state index in [-0.39, 0.29) is 6.61 Å². The normalized spacial score (nSPS) is 22.9. The van der Waals surface area contributed by atoms with Gasteiger partial charge >= 0.3 is 17.9 Å². The van der Waals surface area contributed by atoms with E-state index in [1.807, 2.05) is 0 Å². The fourth-order valence-electron chi connectivity index (χ4n) is 3.06. The summed E-state index contributed by atoms with van der Waals surface area (Å²) < 4.78 is 22.1. The van der Waals surface area contributed by atoms with Crippen LogP contribution in [0.3, 0.4) is 0 Å². The van der Waals surface area contributed by atoms with Crippen molar-refractivity contribution in [3.8, 4) is 0 Å². The summed E-state index contributed by atoms with van der Waals surface area (Å²) in [7, 11) is 0. The Morgan fingerprint density at radius 3 is 2.00 bits per heavy atom. The highest BCUT2D eigenvalue weighted by atomic mass is 32.2. The third-order valence-corrected chi connectivity index (χ3v) is 5.50. The molecule has 0 aromatic heterocycles. The summed E-state index contributed by atoms with van der Waals surface area (Å²) in [6, 6.07) is 17.1. The van der Waals surface area contributed by atoms with Crippen LogP contribution in [0, 0.1) is 0 Å². The fourth-order valence-corrected chi connectivity index (χ4v) is 3.90. The van der Waals surface area contributed by atoms with Crippen molar-refractivity contribution in [2.75, 3.05) is 12.9 Å². The third kappa shape index (κ3) is 5.40. The Hall–Kier alpha value is -2.84.